The monoisotopic (exact) mass is 546 g/mol. The fourth-order valence-corrected chi connectivity index (χ4v) is 5.93. The Morgan fingerprint density at radius 3 is 2.64 bits per heavy atom. The SMILES string of the molecule is OC1(c2ccc(Cl)cc2)CCN(CC/C=C2/c3cc(OC4CCOCC4)ccc3OCc3ncccc32)CC1. The summed E-state index contributed by atoms with van der Waals surface area (Å²) in [5.41, 5.74) is 4.39. The van der Waals surface area contributed by atoms with E-state index < -0.39 is 5.60 Å². The number of aliphatic hydroxyl groups is 1. The van der Waals surface area contributed by atoms with Gasteiger partial charge in [0, 0.05) is 54.8 Å². The number of hydrogen-bond acceptors (Lipinski definition) is 6. The lowest BCUT2D eigenvalue weighted by molar-refractivity contribution is -0.0254. The highest BCUT2D eigenvalue weighted by atomic mass is 35.5. The van der Waals surface area contributed by atoms with Gasteiger partial charge in [-0.15, -0.1) is 0 Å². The van der Waals surface area contributed by atoms with Crippen LogP contribution in [0.5, 0.6) is 11.5 Å². The molecule has 4 heterocycles. The van der Waals surface area contributed by atoms with Crippen molar-refractivity contribution in [1.82, 2.24) is 9.88 Å². The normalized spacial score (nSPS) is 20.5. The van der Waals surface area contributed by atoms with Crippen LogP contribution in [0.2, 0.25) is 5.02 Å². The second kappa shape index (κ2) is 11.7. The number of benzene rings is 2. The molecule has 3 aliphatic rings. The molecule has 0 bridgehead atoms. The number of aromatic nitrogens is 1. The molecule has 204 valence electrons. The van der Waals surface area contributed by atoms with E-state index >= 15 is 0 Å². The Bertz CT molecular complexity index is 1310. The van der Waals surface area contributed by atoms with Crippen LogP contribution in [-0.4, -0.2) is 53.9 Å². The summed E-state index contributed by atoms with van der Waals surface area (Å²) in [6.45, 7) is 4.56. The highest BCUT2D eigenvalue weighted by molar-refractivity contribution is 6.30. The Morgan fingerprint density at radius 2 is 1.85 bits per heavy atom. The molecule has 2 fully saturated rings. The molecule has 39 heavy (non-hydrogen) atoms. The molecule has 6 rings (SSSR count). The second-order valence-corrected chi connectivity index (χ2v) is 11.1. The molecule has 1 aromatic heterocycles. The van der Waals surface area contributed by atoms with Crippen molar-refractivity contribution in [3.05, 3.63) is 94.3 Å². The molecule has 0 amide bonds. The third kappa shape index (κ3) is 5.99. The molecule has 0 saturated carbocycles. The Hall–Kier alpha value is -2.90. The van der Waals surface area contributed by atoms with E-state index in [4.69, 9.17) is 25.8 Å². The van der Waals surface area contributed by atoms with E-state index in [0.29, 0.717) is 24.5 Å². The third-order valence-corrected chi connectivity index (χ3v) is 8.37. The average molecular weight is 547 g/mol. The fraction of sp³-hybridized carbons (Fsp3) is 0.406. The summed E-state index contributed by atoms with van der Waals surface area (Å²) in [6.07, 6.45) is 8.43. The van der Waals surface area contributed by atoms with Gasteiger partial charge in [-0.2, -0.15) is 0 Å². The topological polar surface area (TPSA) is 64.1 Å². The van der Waals surface area contributed by atoms with Crippen LogP contribution in [0, 0.1) is 0 Å². The molecule has 0 unspecified atom stereocenters. The summed E-state index contributed by atoms with van der Waals surface area (Å²) in [4.78, 5) is 7.05. The zero-order valence-corrected chi connectivity index (χ0v) is 22.9. The molecule has 2 saturated heterocycles. The Balaban J connectivity index is 1.18. The van der Waals surface area contributed by atoms with Crippen molar-refractivity contribution >= 4 is 17.2 Å². The molecule has 2 aromatic carbocycles. The van der Waals surface area contributed by atoms with Crippen molar-refractivity contribution in [2.75, 3.05) is 32.8 Å². The maximum absolute atomic E-state index is 11.3. The van der Waals surface area contributed by atoms with Crippen LogP contribution >= 0.6 is 11.6 Å². The van der Waals surface area contributed by atoms with E-state index in [1.54, 1.807) is 0 Å². The van der Waals surface area contributed by atoms with Crippen LogP contribution in [0.3, 0.4) is 0 Å². The number of nitrogens with zero attached hydrogens (tertiary/aromatic N) is 2. The molecule has 0 atom stereocenters. The van der Waals surface area contributed by atoms with Gasteiger partial charge in [-0.3, -0.25) is 4.98 Å². The van der Waals surface area contributed by atoms with E-state index in [0.717, 1.165) is 91.6 Å². The van der Waals surface area contributed by atoms with Gasteiger partial charge in [0.15, 0.2) is 0 Å². The standard InChI is InChI=1S/C32H35ClN2O4/c33-24-7-5-23(6-8-24)32(36)13-17-35(18-14-32)16-2-4-27-28-3-1-15-34-30(28)22-38-31-10-9-26(21-29(27)31)39-25-11-19-37-20-12-25/h1,3-10,15,21,25,36H,2,11-14,16-20,22H2/b27-4+. The number of rotatable bonds is 6. The van der Waals surface area contributed by atoms with Crippen molar-refractivity contribution in [2.24, 2.45) is 0 Å². The molecule has 0 spiro atoms. The molecular formula is C32H35ClN2O4. The van der Waals surface area contributed by atoms with Gasteiger partial charge in [-0.25, -0.2) is 0 Å². The number of halogens is 1. The van der Waals surface area contributed by atoms with E-state index in [2.05, 4.69) is 28.1 Å². The first kappa shape index (κ1) is 26.3. The maximum Gasteiger partial charge on any atom is 0.131 e. The molecular weight excluding hydrogens is 512 g/mol. The Morgan fingerprint density at radius 1 is 1.05 bits per heavy atom. The molecule has 1 N–H and O–H groups in total. The van der Waals surface area contributed by atoms with Crippen molar-refractivity contribution < 1.29 is 19.3 Å². The van der Waals surface area contributed by atoms with E-state index in [-0.39, 0.29) is 6.10 Å². The van der Waals surface area contributed by atoms with Crippen molar-refractivity contribution in [3.8, 4) is 11.5 Å². The lowest BCUT2D eigenvalue weighted by Gasteiger charge is -2.38. The van der Waals surface area contributed by atoms with Crippen LogP contribution in [0.15, 0.2) is 66.9 Å². The second-order valence-electron chi connectivity index (χ2n) is 10.7. The molecule has 0 radical (unpaired) electrons. The Labute approximate surface area is 235 Å². The van der Waals surface area contributed by atoms with Crippen molar-refractivity contribution in [3.63, 3.8) is 0 Å². The van der Waals surface area contributed by atoms with Gasteiger partial charge in [-0.05, 0) is 66.8 Å². The third-order valence-electron chi connectivity index (χ3n) is 8.12. The smallest absolute Gasteiger partial charge is 0.131 e. The summed E-state index contributed by atoms with van der Waals surface area (Å²) in [6, 6.07) is 17.9. The van der Waals surface area contributed by atoms with Gasteiger partial charge in [0.25, 0.3) is 0 Å². The number of ether oxygens (including phenoxy) is 3. The summed E-state index contributed by atoms with van der Waals surface area (Å²) in [5, 5.41) is 11.9. The average Bonchev–Trinajstić information content (AvgIpc) is 3.12. The summed E-state index contributed by atoms with van der Waals surface area (Å²) in [5.74, 6) is 1.71. The molecule has 7 heteroatoms. The predicted molar refractivity (Wildman–Crippen MR) is 152 cm³/mol. The summed E-state index contributed by atoms with van der Waals surface area (Å²) in [7, 11) is 0. The summed E-state index contributed by atoms with van der Waals surface area (Å²) < 4.78 is 18.0. The number of fused-ring (bicyclic) bond motifs is 2. The number of pyridine rings is 1. The lowest BCUT2D eigenvalue weighted by atomic mass is 9.84. The van der Waals surface area contributed by atoms with Crippen LogP contribution in [0.25, 0.3) is 5.57 Å². The van der Waals surface area contributed by atoms with E-state index in [1.807, 2.05) is 48.7 Å². The minimum absolute atomic E-state index is 0.176. The van der Waals surface area contributed by atoms with E-state index in [1.165, 1.54) is 0 Å². The quantitative estimate of drug-likeness (QED) is 0.410. The molecule has 3 aromatic rings. The highest BCUT2D eigenvalue weighted by Crippen LogP contribution is 2.39. The first-order valence-electron chi connectivity index (χ1n) is 13.9. The minimum Gasteiger partial charge on any atom is -0.490 e. The fourth-order valence-electron chi connectivity index (χ4n) is 5.80. The zero-order valence-electron chi connectivity index (χ0n) is 22.2. The molecule has 3 aliphatic heterocycles. The van der Waals surface area contributed by atoms with Crippen LogP contribution < -0.4 is 9.47 Å². The van der Waals surface area contributed by atoms with Gasteiger partial charge >= 0.3 is 0 Å². The first-order chi connectivity index (χ1) is 19.1. The van der Waals surface area contributed by atoms with Crippen LogP contribution in [-0.2, 0) is 16.9 Å². The van der Waals surface area contributed by atoms with Gasteiger partial charge < -0.3 is 24.2 Å². The number of likely N-dealkylation sites (tertiary alicyclic amines) is 1. The van der Waals surface area contributed by atoms with E-state index in [9.17, 15) is 5.11 Å². The van der Waals surface area contributed by atoms with Crippen molar-refractivity contribution in [2.45, 2.75) is 50.4 Å². The van der Waals surface area contributed by atoms with Gasteiger partial charge in [0.2, 0.25) is 0 Å². The number of piperidine rings is 1. The summed E-state index contributed by atoms with van der Waals surface area (Å²) >= 11 is 6.05. The first-order valence-corrected chi connectivity index (χ1v) is 14.3. The Kier molecular flexibility index (Phi) is 7.89. The van der Waals surface area contributed by atoms with Gasteiger partial charge in [0.05, 0.1) is 24.5 Å². The van der Waals surface area contributed by atoms with Gasteiger partial charge in [-0.1, -0.05) is 35.9 Å². The highest BCUT2D eigenvalue weighted by Gasteiger charge is 2.33. The molecule has 6 nitrogen and oxygen atoms in total. The molecule has 0 aliphatic carbocycles. The largest absolute Gasteiger partial charge is 0.490 e. The van der Waals surface area contributed by atoms with Crippen LogP contribution in [0.4, 0.5) is 0 Å². The minimum atomic E-state index is -0.789. The lowest BCUT2D eigenvalue weighted by Crippen LogP contribution is -2.42. The van der Waals surface area contributed by atoms with Crippen LogP contribution in [0.1, 0.15) is 54.5 Å². The van der Waals surface area contributed by atoms with Crippen molar-refractivity contribution in [1.29, 1.82) is 0 Å². The maximum atomic E-state index is 11.3. The van der Waals surface area contributed by atoms with Gasteiger partial charge in [0.1, 0.15) is 24.2 Å². The predicted octanol–water partition coefficient (Wildman–Crippen LogP) is 5.99. The zero-order chi connectivity index (χ0) is 26.7. The number of hydrogen-bond donors (Lipinski definition) is 1.